The number of thiophene rings is 1. The molecule has 0 amide bonds. The maximum absolute atomic E-state index is 14.2. The van der Waals surface area contributed by atoms with Gasteiger partial charge >= 0.3 is 6.18 Å². The SMILES string of the molecule is CS(=O)(=O)c1ccc(-c2cscc2-c2ccc(C(F)(F)F)cc2)cc1F. The first-order valence-corrected chi connectivity index (χ1v) is 10.1. The fourth-order valence-electron chi connectivity index (χ4n) is 2.55. The summed E-state index contributed by atoms with van der Waals surface area (Å²) in [7, 11) is -3.68. The molecule has 3 rings (SSSR count). The summed E-state index contributed by atoms with van der Waals surface area (Å²) in [6, 6.07) is 8.48. The van der Waals surface area contributed by atoms with E-state index >= 15 is 0 Å². The molecule has 136 valence electrons. The van der Waals surface area contributed by atoms with Crippen molar-refractivity contribution in [3.8, 4) is 22.3 Å². The zero-order valence-corrected chi connectivity index (χ0v) is 15.0. The smallest absolute Gasteiger partial charge is 0.224 e. The summed E-state index contributed by atoms with van der Waals surface area (Å²) in [6.45, 7) is 0. The lowest BCUT2D eigenvalue weighted by Gasteiger charge is -2.09. The minimum absolute atomic E-state index is 0.396. The van der Waals surface area contributed by atoms with Crippen molar-refractivity contribution in [1.29, 1.82) is 0 Å². The van der Waals surface area contributed by atoms with Gasteiger partial charge in [-0.05, 0) is 46.2 Å². The van der Waals surface area contributed by atoms with Crippen molar-refractivity contribution >= 4 is 21.2 Å². The van der Waals surface area contributed by atoms with E-state index in [1.54, 1.807) is 10.8 Å². The standard InChI is InChI=1S/C18H12F4O2S2/c1-26(23,24)17-7-4-12(8-16(17)19)15-10-25-9-14(15)11-2-5-13(6-3-11)18(20,21)22/h2-10H,1H3. The van der Waals surface area contributed by atoms with Gasteiger partial charge < -0.3 is 0 Å². The molecule has 8 heteroatoms. The summed E-state index contributed by atoms with van der Waals surface area (Å²) >= 11 is 1.32. The topological polar surface area (TPSA) is 34.1 Å². The van der Waals surface area contributed by atoms with Gasteiger partial charge in [0.25, 0.3) is 0 Å². The summed E-state index contributed by atoms with van der Waals surface area (Å²) in [4.78, 5) is -0.396. The molecule has 26 heavy (non-hydrogen) atoms. The second kappa shape index (κ2) is 6.51. The van der Waals surface area contributed by atoms with Crippen molar-refractivity contribution < 1.29 is 26.0 Å². The molecule has 0 fully saturated rings. The Morgan fingerprint density at radius 2 is 1.42 bits per heavy atom. The van der Waals surface area contributed by atoms with E-state index in [9.17, 15) is 26.0 Å². The Bertz CT molecular complexity index is 1050. The number of benzene rings is 2. The number of rotatable bonds is 3. The highest BCUT2D eigenvalue weighted by Gasteiger charge is 2.30. The molecule has 0 radical (unpaired) electrons. The van der Waals surface area contributed by atoms with Gasteiger partial charge in [0.15, 0.2) is 9.84 Å². The van der Waals surface area contributed by atoms with Crippen molar-refractivity contribution in [3.05, 3.63) is 64.6 Å². The van der Waals surface area contributed by atoms with Gasteiger partial charge in [-0.3, -0.25) is 0 Å². The van der Waals surface area contributed by atoms with Crippen LogP contribution in [0.1, 0.15) is 5.56 Å². The molecule has 0 unspecified atom stereocenters. The molecule has 0 N–H and O–H groups in total. The van der Waals surface area contributed by atoms with Crippen LogP contribution in [0, 0.1) is 5.82 Å². The Morgan fingerprint density at radius 3 is 1.92 bits per heavy atom. The Hall–Kier alpha value is -2.19. The molecule has 0 atom stereocenters. The highest BCUT2D eigenvalue weighted by atomic mass is 32.2. The van der Waals surface area contributed by atoms with Crippen LogP contribution in [0.25, 0.3) is 22.3 Å². The Balaban J connectivity index is 2.03. The minimum Gasteiger partial charge on any atom is -0.224 e. The van der Waals surface area contributed by atoms with Gasteiger partial charge in [-0.15, -0.1) is 0 Å². The van der Waals surface area contributed by atoms with E-state index in [2.05, 4.69) is 0 Å². The van der Waals surface area contributed by atoms with Crippen molar-refractivity contribution in [1.82, 2.24) is 0 Å². The van der Waals surface area contributed by atoms with Gasteiger partial charge in [0.1, 0.15) is 10.7 Å². The van der Waals surface area contributed by atoms with Crippen LogP contribution in [0.3, 0.4) is 0 Å². The molecule has 1 aromatic heterocycles. The molecule has 3 aromatic rings. The van der Waals surface area contributed by atoms with Crippen LogP contribution in [0.15, 0.2) is 58.1 Å². The average Bonchev–Trinajstić information content (AvgIpc) is 3.02. The van der Waals surface area contributed by atoms with Crippen LogP contribution in [-0.4, -0.2) is 14.7 Å². The molecule has 1 heterocycles. The molecule has 2 nitrogen and oxygen atoms in total. The molecule has 0 aliphatic carbocycles. The lowest BCUT2D eigenvalue weighted by atomic mass is 9.98. The summed E-state index contributed by atoms with van der Waals surface area (Å²) in [5.41, 5.74) is 1.53. The number of halogens is 4. The summed E-state index contributed by atoms with van der Waals surface area (Å²) in [5, 5.41) is 3.49. The lowest BCUT2D eigenvalue weighted by Crippen LogP contribution is -2.04. The van der Waals surface area contributed by atoms with Crippen LogP contribution in [-0.2, 0) is 16.0 Å². The molecule has 0 aliphatic heterocycles. The molecular weight excluding hydrogens is 388 g/mol. The second-order valence-corrected chi connectivity index (χ2v) is 8.42. The predicted octanol–water partition coefficient (Wildman–Crippen LogP) is 5.64. The van der Waals surface area contributed by atoms with E-state index < -0.39 is 32.3 Å². The van der Waals surface area contributed by atoms with Gasteiger partial charge in [0.2, 0.25) is 0 Å². The highest BCUT2D eigenvalue weighted by molar-refractivity contribution is 7.90. The van der Waals surface area contributed by atoms with E-state index in [0.717, 1.165) is 24.5 Å². The number of hydrogen-bond donors (Lipinski definition) is 0. The Kier molecular flexibility index (Phi) is 4.66. The maximum Gasteiger partial charge on any atom is 0.416 e. The number of sulfone groups is 1. The predicted molar refractivity (Wildman–Crippen MR) is 93.3 cm³/mol. The Labute approximate surface area is 151 Å². The molecule has 0 saturated heterocycles. The van der Waals surface area contributed by atoms with E-state index in [0.29, 0.717) is 22.3 Å². The van der Waals surface area contributed by atoms with Crippen molar-refractivity contribution in [3.63, 3.8) is 0 Å². The highest BCUT2D eigenvalue weighted by Crippen LogP contribution is 2.37. The fourth-order valence-corrected chi connectivity index (χ4v) is 4.15. The summed E-state index contributed by atoms with van der Waals surface area (Å²) in [5.74, 6) is -0.866. The summed E-state index contributed by atoms with van der Waals surface area (Å²) < 4.78 is 75.3. The van der Waals surface area contributed by atoms with Crippen LogP contribution < -0.4 is 0 Å². The third-order valence-electron chi connectivity index (χ3n) is 3.83. The third-order valence-corrected chi connectivity index (χ3v) is 5.70. The van der Waals surface area contributed by atoms with E-state index in [4.69, 9.17) is 0 Å². The second-order valence-electron chi connectivity index (χ2n) is 5.69. The molecule has 0 spiro atoms. The first-order valence-electron chi connectivity index (χ1n) is 7.31. The maximum atomic E-state index is 14.2. The lowest BCUT2D eigenvalue weighted by molar-refractivity contribution is -0.137. The molecule has 0 saturated carbocycles. The van der Waals surface area contributed by atoms with Gasteiger partial charge in [-0.25, -0.2) is 12.8 Å². The van der Waals surface area contributed by atoms with Crippen LogP contribution in [0.4, 0.5) is 17.6 Å². The van der Waals surface area contributed by atoms with Gasteiger partial charge in [-0.1, -0.05) is 18.2 Å². The summed E-state index contributed by atoms with van der Waals surface area (Å²) in [6.07, 6.45) is -3.50. The van der Waals surface area contributed by atoms with Crippen molar-refractivity contribution in [2.75, 3.05) is 6.26 Å². The van der Waals surface area contributed by atoms with Gasteiger partial charge in [0.05, 0.1) is 5.56 Å². The van der Waals surface area contributed by atoms with Crippen LogP contribution >= 0.6 is 11.3 Å². The van der Waals surface area contributed by atoms with E-state index in [1.807, 2.05) is 0 Å². The van der Waals surface area contributed by atoms with E-state index in [-0.39, 0.29) is 0 Å². The fraction of sp³-hybridized carbons (Fsp3) is 0.111. The first kappa shape index (κ1) is 18.6. The molecule has 0 aliphatic rings. The van der Waals surface area contributed by atoms with Crippen molar-refractivity contribution in [2.45, 2.75) is 11.1 Å². The van der Waals surface area contributed by atoms with Gasteiger partial charge in [-0.2, -0.15) is 24.5 Å². The minimum atomic E-state index is -4.42. The Morgan fingerprint density at radius 1 is 0.885 bits per heavy atom. The molecule has 0 bridgehead atoms. The van der Waals surface area contributed by atoms with Crippen LogP contribution in [0.5, 0.6) is 0 Å². The molecule has 2 aromatic carbocycles. The quantitative estimate of drug-likeness (QED) is 0.533. The third kappa shape index (κ3) is 3.66. The number of hydrogen-bond acceptors (Lipinski definition) is 3. The first-order chi connectivity index (χ1) is 12.1. The van der Waals surface area contributed by atoms with Gasteiger partial charge in [0, 0.05) is 17.4 Å². The zero-order valence-electron chi connectivity index (χ0n) is 13.3. The normalized spacial score (nSPS) is 12.3. The van der Waals surface area contributed by atoms with Crippen molar-refractivity contribution in [2.24, 2.45) is 0 Å². The molecular formula is C18H12F4O2S2. The average molecular weight is 400 g/mol. The van der Waals surface area contributed by atoms with E-state index in [1.165, 1.54) is 35.6 Å². The zero-order chi connectivity index (χ0) is 19.1. The largest absolute Gasteiger partial charge is 0.416 e. The number of alkyl halides is 3. The monoisotopic (exact) mass is 400 g/mol. The van der Waals surface area contributed by atoms with Crippen LogP contribution in [0.2, 0.25) is 0 Å².